The molecule has 0 fully saturated rings. The van der Waals surface area contributed by atoms with E-state index in [0.717, 1.165) is 21.0 Å². The van der Waals surface area contributed by atoms with E-state index in [4.69, 9.17) is 16.3 Å². The first kappa shape index (κ1) is 12.3. The average molecular weight is 291 g/mol. The van der Waals surface area contributed by atoms with Crippen LogP contribution in [0.15, 0.2) is 42.5 Å². The lowest BCUT2D eigenvalue weighted by Crippen LogP contribution is -1.93. The Balaban J connectivity index is 1.96. The van der Waals surface area contributed by atoms with Gasteiger partial charge in [-0.25, -0.2) is 4.98 Å². The summed E-state index contributed by atoms with van der Waals surface area (Å²) >= 11 is 7.55. The summed E-state index contributed by atoms with van der Waals surface area (Å²) < 4.78 is 6.45. The predicted molar refractivity (Wildman–Crippen MR) is 80.9 cm³/mol. The number of benzene rings is 2. The van der Waals surface area contributed by atoms with E-state index in [-0.39, 0.29) is 0 Å². The highest BCUT2D eigenvalue weighted by molar-refractivity contribution is 7.22. The van der Waals surface area contributed by atoms with E-state index in [1.807, 2.05) is 30.3 Å². The van der Waals surface area contributed by atoms with Crippen LogP contribution in [0.1, 0.15) is 0 Å². The number of rotatable bonds is 3. The summed E-state index contributed by atoms with van der Waals surface area (Å²) in [6.45, 7) is 0. The first-order valence-electron chi connectivity index (χ1n) is 5.72. The molecule has 96 valence electrons. The summed E-state index contributed by atoms with van der Waals surface area (Å²) in [5.74, 6) is 0.701. The number of methoxy groups -OCH3 is 1. The first-order valence-corrected chi connectivity index (χ1v) is 6.92. The molecule has 0 bridgehead atoms. The van der Waals surface area contributed by atoms with Gasteiger partial charge in [0.2, 0.25) is 0 Å². The highest BCUT2D eigenvalue weighted by atomic mass is 35.5. The maximum absolute atomic E-state index is 5.94. The molecule has 5 heteroatoms. The third kappa shape index (κ3) is 2.50. The van der Waals surface area contributed by atoms with Gasteiger partial charge < -0.3 is 10.1 Å². The second kappa shape index (κ2) is 5.07. The number of aromatic nitrogens is 1. The van der Waals surface area contributed by atoms with Gasteiger partial charge in [-0.3, -0.25) is 0 Å². The molecule has 0 aliphatic rings. The molecule has 0 radical (unpaired) electrons. The van der Waals surface area contributed by atoms with Crippen molar-refractivity contribution in [2.75, 3.05) is 12.4 Å². The minimum absolute atomic E-state index is 0.645. The number of halogens is 1. The van der Waals surface area contributed by atoms with E-state index in [1.165, 1.54) is 0 Å². The number of hydrogen-bond donors (Lipinski definition) is 1. The van der Waals surface area contributed by atoms with Crippen molar-refractivity contribution in [2.24, 2.45) is 0 Å². The van der Waals surface area contributed by atoms with Gasteiger partial charge in [0, 0.05) is 11.1 Å². The molecule has 0 aliphatic heterocycles. The number of fused-ring (bicyclic) bond motifs is 1. The molecule has 0 saturated heterocycles. The summed E-state index contributed by atoms with van der Waals surface area (Å²) in [5.41, 5.74) is 1.84. The van der Waals surface area contributed by atoms with Crippen LogP contribution in [0, 0.1) is 0 Å². The van der Waals surface area contributed by atoms with E-state index in [2.05, 4.69) is 16.4 Å². The van der Waals surface area contributed by atoms with Crippen LogP contribution < -0.4 is 10.1 Å². The third-order valence-corrected chi connectivity index (χ3v) is 3.89. The molecule has 0 atom stereocenters. The van der Waals surface area contributed by atoms with E-state index in [1.54, 1.807) is 24.5 Å². The van der Waals surface area contributed by atoms with Crippen molar-refractivity contribution in [1.82, 2.24) is 4.98 Å². The minimum atomic E-state index is 0.645. The van der Waals surface area contributed by atoms with Gasteiger partial charge in [0.1, 0.15) is 5.75 Å². The molecular weight excluding hydrogens is 280 g/mol. The molecule has 3 rings (SSSR count). The van der Waals surface area contributed by atoms with Crippen LogP contribution >= 0.6 is 22.9 Å². The number of thiazole rings is 1. The molecule has 1 heterocycles. The standard InChI is InChI=1S/C14H11ClN2OS/c1-18-12-8-9(15)6-7-10(12)16-14-17-11-4-2-3-5-13(11)19-14/h2-8H,1H3,(H,16,17). The maximum Gasteiger partial charge on any atom is 0.188 e. The fourth-order valence-electron chi connectivity index (χ4n) is 1.81. The van der Waals surface area contributed by atoms with Gasteiger partial charge in [0.25, 0.3) is 0 Å². The minimum Gasteiger partial charge on any atom is -0.495 e. The Bertz CT molecular complexity index is 693. The summed E-state index contributed by atoms with van der Waals surface area (Å²) in [4.78, 5) is 4.52. The molecule has 0 aliphatic carbocycles. The van der Waals surface area contributed by atoms with Crippen LogP contribution in [0.25, 0.3) is 10.2 Å². The highest BCUT2D eigenvalue weighted by Crippen LogP contribution is 2.33. The topological polar surface area (TPSA) is 34.1 Å². The normalized spacial score (nSPS) is 10.6. The number of para-hydroxylation sites is 1. The van der Waals surface area contributed by atoms with Crippen molar-refractivity contribution in [3.05, 3.63) is 47.5 Å². The van der Waals surface area contributed by atoms with Gasteiger partial charge in [-0.15, -0.1) is 0 Å². The van der Waals surface area contributed by atoms with Crippen LogP contribution in [0.4, 0.5) is 10.8 Å². The Morgan fingerprint density at radius 2 is 2.05 bits per heavy atom. The lowest BCUT2D eigenvalue weighted by atomic mass is 10.3. The smallest absolute Gasteiger partial charge is 0.188 e. The Morgan fingerprint density at radius 3 is 2.84 bits per heavy atom. The number of hydrogen-bond acceptors (Lipinski definition) is 4. The maximum atomic E-state index is 5.94. The van der Waals surface area contributed by atoms with Gasteiger partial charge in [-0.2, -0.15) is 0 Å². The summed E-state index contributed by atoms with van der Waals surface area (Å²) in [5, 5.41) is 4.74. The third-order valence-electron chi connectivity index (χ3n) is 2.70. The van der Waals surface area contributed by atoms with Crippen molar-refractivity contribution in [2.45, 2.75) is 0 Å². The number of anilines is 2. The Labute approximate surface area is 119 Å². The van der Waals surface area contributed by atoms with E-state index in [0.29, 0.717) is 10.8 Å². The Morgan fingerprint density at radius 1 is 1.21 bits per heavy atom. The molecule has 2 aromatic carbocycles. The molecule has 1 aromatic heterocycles. The lowest BCUT2D eigenvalue weighted by Gasteiger charge is -2.08. The van der Waals surface area contributed by atoms with Crippen LogP contribution in [0.3, 0.4) is 0 Å². The highest BCUT2D eigenvalue weighted by Gasteiger charge is 2.07. The van der Waals surface area contributed by atoms with Crippen LogP contribution in [0.5, 0.6) is 5.75 Å². The molecule has 3 aromatic rings. The SMILES string of the molecule is COc1cc(Cl)ccc1Nc1nc2ccccc2s1. The van der Waals surface area contributed by atoms with Gasteiger partial charge in [-0.05, 0) is 24.3 Å². The number of nitrogens with zero attached hydrogens (tertiary/aromatic N) is 1. The van der Waals surface area contributed by atoms with E-state index < -0.39 is 0 Å². The quantitative estimate of drug-likeness (QED) is 0.759. The van der Waals surface area contributed by atoms with E-state index in [9.17, 15) is 0 Å². The number of ether oxygens (including phenoxy) is 1. The molecule has 0 spiro atoms. The van der Waals surface area contributed by atoms with Crippen molar-refractivity contribution < 1.29 is 4.74 Å². The van der Waals surface area contributed by atoms with Crippen molar-refractivity contribution >= 4 is 44.0 Å². The average Bonchev–Trinajstić information content (AvgIpc) is 2.83. The van der Waals surface area contributed by atoms with Gasteiger partial charge >= 0.3 is 0 Å². The van der Waals surface area contributed by atoms with Gasteiger partial charge in [0.05, 0.1) is 23.0 Å². The van der Waals surface area contributed by atoms with Gasteiger partial charge in [-0.1, -0.05) is 35.1 Å². The molecule has 0 amide bonds. The van der Waals surface area contributed by atoms with E-state index >= 15 is 0 Å². The summed E-state index contributed by atoms with van der Waals surface area (Å²) in [6.07, 6.45) is 0. The molecule has 3 nitrogen and oxygen atoms in total. The summed E-state index contributed by atoms with van der Waals surface area (Å²) in [7, 11) is 1.62. The van der Waals surface area contributed by atoms with Crippen molar-refractivity contribution in [3.63, 3.8) is 0 Å². The first-order chi connectivity index (χ1) is 9.26. The summed E-state index contributed by atoms with van der Waals surface area (Å²) in [6, 6.07) is 13.5. The van der Waals surface area contributed by atoms with Crippen LogP contribution in [0.2, 0.25) is 5.02 Å². The number of nitrogens with one attached hydrogen (secondary N) is 1. The molecule has 0 unspecified atom stereocenters. The predicted octanol–water partition coefficient (Wildman–Crippen LogP) is 4.70. The zero-order valence-corrected chi connectivity index (χ0v) is 11.8. The zero-order valence-electron chi connectivity index (χ0n) is 10.2. The van der Waals surface area contributed by atoms with Crippen molar-refractivity contribution in [3.8, 4) is 5.75 Å². The van der Waals surface area contributed by atoms with Gasteiger partial charge in [0.15, 0.2) is 5.13 Å². The van der Waals surface area contributed by atoms with Crippen LogP contribution in [-0.2, 0) is 0 Å². The molecule has 19 heavy (non-hydrogen) atoms. The zero-order chi connectivity index (χ0) is 13.2. The second-order valence-electron chi connectivity index (χ2n) is 3.96. The van der Waals surface area contributed by atoms with Crippen LogP contribution in [-0.4, -0.2) is 12.1 Å². The Hall–Kier alpha value is -1.78. The molecule has 1 N–H and O–H groups in total. The second-order valence-corrected chi connectivity index (χ2v) is 5.42. The van der Waals surface area contributed by atoms with Crippen molar-refractivity contribution in [1.29, 1.82) is 0 Å². The largest absolute Gasteiger partial charge is 0.495 e. The molecular formula is C14H11ClN2OS. The fourth-order valence-corrected chi connectivity index (χ4v) is 2.85. The monoisotopic (exact) mass is 290 g/mol. The lowest BCUT2D eigenvalue weighted by molar-refractivity contribution is 0.417. The molecule has 0 saturated carbocycles. The Kier molecular flexibility index (Phi) is 3.27. The fraction of sp³-hybridized carbons (Fsp3) is 0.0714.